The zero-order chi connectivity index (χ0) is 12.1. The summed E-state index contributed by atoms with van der Waals surface area (Å²) in [6.45, 7) is 2.95. The second kappa shape index (κ2) is 5.85. The lowest BCUT2D eigenvalue weighted by atomic mass is 9.84. The Morgan fingerprint density at radius 1 is 1.35 bits per heavy atom. The molecule has 2 rings (SSSR count). The van der Waals surface area contributed by atoms with E-state index in [4.69, 9.17) is 0 Å². The number of benzene rings is 1. The fourth-order valence-corrected chi connectivity index (χ4v) is 2.26. The number of carbonyl (C=O) groups is 1. The summed E-state index contributed by atoms with van der Waals surface area (Å²) in [6.07, 6.45) is 4.44. The summed E-state index contributed by atoms with van der Waals surface area (Å²) in [5, 5.41) is 3.10. The van der Waals surface area contributed by atoms with Crippen LogP contribution in [0.1, 0.15) is 44.1 Å². The summed E-state index contributed by atoms with van der Waals surface area (Å²) in [5.41, 5.74) is 1.32. The summed E-state index contributed by atoms with van der Waals surface area (Å²) in [5.74, 6) is 0.995. The van der Waals surface area contributed by atoms with Crippen LogP contribution < -0.4 is 5.32 Å². The van der Waals surface area contributed by atoms with Crippen molar-refractivity contribution < 1.29 is 4.79 Å². The summed E-state index contributed by atoms with van der Waals surface area (Å²) < 4.78 is 0. The van der Waals surface area contributed by atoms with Crippen LogP contribution in [0, 0.1) is 5.92 Å². The van der Waals surface area contributed by atoms with Crippen LogP contribution in [0.5, 0.6) is 0 Å². The van der Waals surface area contributed by atoms with Crippen molar-refractivity contribution in [3.8, 4) is 0 Å². The van der Waals surface area contributed by atoms with E-state index in [0.29, 0.717) is 11.8 Å². The normalized spacial score (nSPS) is 17.2. The maximum Gasteiger partial charge on any atom is 0.223 e. The van der Waals surface area contributed by atoms with Gasteiger partial charge in [-0.2, -0.15) is 0 Å². The van der Waals surface area contributed by atoms with Gasteiger partial charge in [0.05, 0.1) is 0 Å². The largest absolute Gasteiger partial charge is 0.355 e. The lowest BCUT2D eigenvalue weighted by Gasteiger charge is -2.25. The fourth-order valence-electron chi connectivity index (χ4n) is 2.26. The molecule has 1 N–H and O–H groups in total. The molecule has 0 aromatic heterocycles. The first-order chi connectivity index (χ1) is 8.31. The van der Waals surface area contributed by atoms with Crippen molar-refractivity contribution in [1.82, 2.24) is 5.32 Å². The molecule has 1 saturated carbocycles. The molecule has 17 heavy (non-hydrogen) atoms. The highest BCUT2D eigenvalue weighted by Gasteiger charge is 2.25. The van der Waals surface area contributed by atoms with E-state index >= 15 is 0 Å². The first-order valence-electron chi connectivity index (χ1n) is 6.64. The van der Waals surface area contributed by atoms with Crippen molar-refractivity contribution in [1.29, 1.82) is 0 Å². The number of amides is 1. The quantitative estimate of drug-likeness (QED) is 0.829. The molecule has 2 heteroatoms. The molecule has 0 aliphatic heterocycles. The molecule has 92 valence electrons. The predicted octanol–water partition coefficient (Wildman–Crippen LogP) is 3.10. The van der Waals surface area contributed by atoms with Gasteiger partial charge in [-0.15, -0.1) is 0 Å². The van der Waals surface area contributed by atoms with Gasteiger partial charge >= 0.3 is 0 Å². The average Bonchev–Trinajstić information content (AvgIpc) is 2.29. The number of hydrogen-bond donors (Lipinski definition) is 1. The Morgan fingerprint density at radius 3 is 2.59 bits per heavy atom. The molecule has 2 nitrogen and oxygen atoms in total. The molecule has 1 fully saturated rings. The zero-order valence-electron chi connectivity index (χ0n) is 10.5. The molecule has 1 aromatic carbocycles. The van der Waals surface area contributed by atoms with Crippen molar-refractivity contribution in [2.75, 3.05) is 6.54 Å². The maximum atomic E-state index is 11.8. The van der Waals surface area contributed by atoms with E-state index < -0.39 is 0 Å². The Balaban J connectivity index is 1.85. The van der Waals surface area contributed by atoms with Gasteiger partial charge in [-0.05, 0) is 24.8 Å². The van der Waals surface area contributed by atoms with Crippen molar-refractivity contribution in [2.45, 2.75) is 38.5 Å². The standard InChI is InChI=1S/C15H21NO/c1-2-12(13-7-4-3-5-8-13)11-16-15(17)14-9-6-10-14/h3-5,7-8,12,14H,2,6,9-11H2,1H3,(H,16,17)/t12-/m0/s1. The lowest BCUT2D eigenvalue weighted by molar-refractivity contribution is -0.127. The molecule has 1 amide bonds. The van der Waals surface area contributed by atoms with Gasteiger partial charge in [0.1, 0.15) is 0 Å². The van der Waals surface area contributed by atoms with Crippen molar-refractivity contribution in [3.63, 3.8) is 0 Å². The summed E-state index contributed by atoms with van der Waals surface area (Å²) in [7, 11) is 0. The van der Waals surface area contributed by atoms with Crippen molar-refractivity contribution in [3.05, 3.63) is 35.9 Å². The Morgan fingerprint density at radius 2 is 2.06 bits per heavy atom. The van der Waals surface area contributed by atoms with Crippen LogP contribution in [0.25, 0.3) is 0 Å². The molecule has 0 radical (unpaired) electrons. The van der Waals surface area contributed by atoms with Crippen molar-refractivity contribution >= 4 is 5.91 Å². The van der Waals surface area contributed by atoms with Gasteiger partial charge in [-0.1, -0.05) is 43.7 Å². The highest BCUT2D eigenvalue weighted by Crippen LogP contribution is 2.26. The van der Waals surface area contributed by atoms with Crippen LogP contribution in [-0.2, 0) is 4.79 Å². The van der Waals surface area contributed by atoms with Crippen LogP contribution in [0.4, 0.5) is 0 Å². The first kappa shape index (κ1) is 12.2. The highest BCUT2D eigenvalue weighted by molar-refractivity contribution is 5.79. The van der Waals surface area contributed by atoms with Crippen LogP contribution >= 0.6 is 0 Å². The van der Waals surface area contributed by atoms with Gasteiger partial charge in [0.25, 0.3) is 0 Å². The second-order valence-electron chi connectivity index (χ2n) is 4.89. The van der Waals surface area contributed by atoms with E-state index in [1.54, 1.807) is 0 Å². The van der Waals surface area contributed by atoms with Crippen LogP contribution in [0.15, 0.2) is 30.3 Å². The SMILES string of the molecule is CC[C@@H](CNC(=O)C1CCC1)c1ccccc1. The van der Waals surface area contributed by atoms with Crippen LogP contribution in [0.3, 0.4) is 0 Å². The minimum atomic E-state index is 0.255. The number of carbonyl (C=O) groups excluding carboxylic acids is 1. The molecular weight excluding hydrogens is 210 g/mol. The topological polar surface area (TPSA) is 29.1 Å². The molecular formula is C15H21NO. The van der Waals surface area contributed by atoms with E-state index in [1.165, 1.54) is 12.0 Å². The van der Waals surface area contributed by atoms with Gasteiger partial charge in [0, 0.05) is 18.4 Å². The molecule has 1 aromatic rings. The fraction of sp³-hybridized carbons (Fsp3) is 0.533. The molecule has 1 aliphatic rings. The van der Waals surface area contributed by atoms with Gasteiger partial charge in [0.15, 0.2) is 0 Å². The smallest absolute Gasteiger partial charge is 0.223 e. The van der Waals surface area contributed by atoms with E-state index in [0.717, 1.165) is 25.8 Å². The van der Waals surface area contributed by atoms with Crippen molar-refractivity contribution in [2.24, 2.45) is 5.92 Å². The van der Waals surface area contributed by atoms with Gasteiger partial charge in [-0.3, -0.25) is 4.79 Å². The minimum Gasteiger partial charge on any atom is -0.355 e. The predicted molar refractivity (Wildman–Crippen MR) is 69.8 cm³/mol. The molecule has 1 atom stereocenters. The Bertz CT molecular complexity index is 356. The second-order valence-corrected chi connectivity index (χ2v) is 4.89. The number of hydrogen-bond acceptors (Lipinski definition) is 1. The van der Waals surface area contributed by atoms with E-state index in [9.17, 15) is 4.79 Å². The monoisotopic (exact) mass is 231 g/mol. The third-order valence-electron chi connectivity index (χ3n) is 3.76. The molecule has 0 heterocycles. The van der Waals surface area contributed by atoms with Gasteiger partial charge in [-0.25, -0.2) is 0 Å². The van der Waals surface area contributed by atoms with E-state index in [1.807, 2.05) is 6.07 Å². The molecule has 0 bridgehead atoms. The third-order valence-corrected chi connectivity index (χ3v) is 3.76. The Labute approximate surface area is 103 Å². The van der Waals surface area contributed by atoms with Gasteiger partial charge < -0.3 is 5.32 Å². The van der Waals surface area contributed by atoms with Gasteiger partial charge in [0.2, 0.25) is 5.91 Å². The minimum absolute atomic E-state index is 0.255. The molecule has 1 aliphatic carbocycles. The number of nitrogens with one attached hydrogen (secondary N) is 1. The summed E-state index contributed by atoms with van der Waals surface area (Å²) in [4.78, 5) is 11.8. The number of rotatable bonds is 5. The maximum absolute atomic E-state index is 11.8. The molecule has 0 saturated heterocycles. The third kappa shape index (κ3) is 3.09. The average molecular weight is 231 g/mol. The highest BCUT2D eigenvalue weighted by atomic mass is 16.1. The Kier molecular flexibility index (Phi) is 4.18. The summed E-state index contributed by atoms with van der Waals surface area (Å²) in [6, 6.07) is 10.4. The van der Waals surface area contributed by atoms with Crippen LogP contribution in [-0.4, -0.2) is 12.5 Å². The molecule has 0 unspecified atom stereocenters. The lowest BCUT2D eigenvalue weighted by Crippen LogP contribution is -2.36. The first-order valence-corrected chi connectivity index (χ1v) is 6.64. The zero-order valence-corrected chi connectivity index (χ0v) is 10.5. The Hall–Kier alpha value is -1.31. The summed E-state index contributed by atoms with van der Waals surface area (Å²) >= 11 is 0. The molecule has 0 spiro atoms. The van der Waals surface area contributed by atoms with E-state index in [2.05, 4.69) is 36.5 Å². The van der Waals surface area contributed by atoms with E-state index in [-0.39, 0.29) is 5.91 Å². The van der Waals surface area contributed by atoms with Crippen LogP contribution in [0.2, 0.25) is 0 Å².